The maximum Gasteiger partial charge on any atom is 0.273 e. The zero-order valence-electron chi connectivity index (χ0n) is 11.5. The van der Waals surface area contributed by atoms with Crippen LogP contribution in [0.3, 0.4) is 0 Å². The molecule has 1 aromatic rings. The van der Waals surface area contributed by atoms with Gasteiger partial charge in [-0.1, -0.05) is 0 Å². The standard InChI is InChI=1S/C14H19BrN2O3/c1-10-7-14(12(15)8-13(10)17(18)19)20-6-4-11-3-2-5-16-9-11/h7-8,11,16H,2-6,9H2,1H3. The van der Waals surface area contributed by atoms with Gasteiger partial charge in [0.1, 0.15) is 5.75 Å². The third kappa shape index (κ3) is 3.93. The monoisotopic (exact) mass is 342 g/mol. The summed E-state index contributed by atoms with van der Waals surface area (Å²) < 4.78 is 6.39. The Kier molecular flexibility index (Phi) is 5.37. The van der Waals surface area contributed by atoms with Gasteiger partial charge in [0.25, 0.3) is 5.69 Å². The molecule has 6 heteroatoms. The van der Waals surface area contributed by atoms with E-state index in [2.05, 4.69) is 21.2 Å². The zero-order chi connectivity index (χ0) is 14.5. The van der Waals surface area contributed by atoms with Crippen molar-refractivity contribution in [2.24, 2.45) is 5.92 Å². The predicted octanol–water partition coefficient (Wildman–Crippen LogP) is 3.43. The fourth-order valence-corrected chi connectivity index (χ4v) is 2.90. The van der Waals surface area contributed by atoms with Gasteiger partial charge in [-0.05, 0) is 67.2 Å². The van der Waals surface area contributed by atoms with Gasteiger partial charge in [0, 0.05) is 11.6 Å². The normalized spacial score (nSPS) is 18.8. The van der Waals surface area contributed by atoms with E-state index in [1.165, 1.54) is 18.9 Å². The second-order valence-corrected chi connectivity index (χ2v) is 6.03. The Morgan fingerprint density at radius 2 is 2.35 bits per heavy atom. The number of piperidine rings is 1. The fraction of sp³-hybridized carbons (Fsp3) is 0.571. The van der Waals surface area contributed by atoms with Gasteiger partial charge in [0.15, 0.2) is 0 Å². The number of nitrogens with zero attached hydrogens (tertiary/aromatic N) is 1. The van der Waals surface area contributed by atoms with Crippen LogP contribution < -0.4 is 10.1 Å². The molecule has 0 amide bonds. The van der Waals surface area contributed by atoms with Crippen molar-refractivity contribution in [2.45, 2.75) is 26.2 Å². The largest absolute Gasteiger partial charge is 0.492 e. The highest BCUT2D eigenvalue weighted by Gasteiger charge is 2.16. The lowest BCUT2D eigenvalue weighted by Crippen LogP contribution is -2.30. The molecule has 0 aromatic heterocycles. The number of nitro benzene ring substituents is 1. The van der Waals surface area contributed by atoms with Crippen LogP contribution in [0.15, 0.2) is 16.6 Å². The molecule has 1 aromatic carbocycles. The van der Waals surface area contributed by atoms with E-state index in [9.17, 15) is 10.1 Å². The number of rotatable bonds is 5. The minimum absolute atomic E-state index is 0.112. The molecule has 5 nitrogen and oxygen atoms in total. The van der Waals surface area contributed by atoms with Crippen molar-refractivity contribution in [3.8, 4) is 5.75 Å². The minimum atomic E-state index is -0.377. The maximum absolute atomic E-state index is 10.8. The summed E-state index contributed by atoms with van der Waals surface area (Å²) in [5, 5.41) is 14.2. The van der Waals surface area contributed by atoms with Crippen molar-refractivity contribution in [1.29, 1.82) is 0 Å². The molecule has 20 heavy (non-hydrogen) atoms. The first kappa shape index (κ1) is 15.3. The van der Waals surface area contributed by atoms with Crippen molar-refractivity contribution in [2.75, 3.05) is 19.7 Å². The van der Waals surface area contributed by atoms with Crippen LogP contribution in [0.2, 0.25) is 0 Å². The van der Waals surface area contributed by atoms with Crippen LogP contribution in [-0.2, 0) is 0 Å². The van der Waals surface area contributed by atoms with Crippen LogP contribution >= 0.6 is 15.9 Å². The Bertz CT molecular complexity index is 488. The molecule has 1 atom stereocenters. The Hall–Kier alpha value is -1.14. The zero-order valence-corrected chi connectivity index (χ0v) is 13.1. The smallest absolute Gasteiger partial charge is 0.273 e. The molecule has 0 radical (unpaired) electrons. The minimum Gasteiger partial charge on any atom is -0.492 e. The van der Waals surface area contributed by atoms with Crippen molar-refractivity contribution < 1.29 is 9.66 Å². The second kappa shape index (κ2) is 7.04. The Labute approximate surface area is 127 Å². The molecule has 0 bridgehead atoms. The van der Waals surface area contributed by atoms with Crippen LogP contribution in [0.5, 0.6) is 5.75 Å². The van der Waals surface area contributed by atoms with Gasteiger partial charge in [-0.3, -0.25) is 10.1 Å². The first-order valence-corrected chi connectivity index (χ1v) is 7.65. The highest BCUT2D eigenvalue weighted by molar-refractivity contribution is 9.10. The quantitative estimate of drug-likeness (QED) is 0.657. The SMILES string of the molecule is Cc1cc(OCCC2CCCNC2)c(Br)cc1[N+](=O)[O-]. The Balaban J connectivity index is 1.92. The molecular weight excluding hydrogens is 324 g/mol. The van der Waals surface area contributed by atoms with E-state index in [-0.39, 0.29) is 10.6 Å². The summed E-state index contributed by atoms with van der Waals surface area (Å²) >= 11 is 3.33. The van der Waals surface area contributed by atoms with Crippen molar-refractivity contribution in [1.82, 2.24) is 5.32 Å². The first-order valence-electron chi connectivity index (χ1n) is 6.86. The number of aryl methyl sites for hydroxylation is 1. The van der Waals surface area contributed by atoms with Gasteiger partial charge < -0.3 is 10.1 Å². The van der Waals surface area contributed by atoms with E-state index in [0.717, 1.165) is 19.5 Å². The predicted molar refractivity (Wildman–Crippen MR) is 81.2 cm³/mol. The molecule has 1 N–H and O–H groups in total. The molecule has 0 saturated carbocycles. The Morgan fingerprint density at radius 1 is 1.55 bits per heavy atom. The van der Waals surface area contributed by atoms with Gasteiger partial charge in [0.2, 0.25) is 0 Å². The summed E-state index contributed by atoms with van der Waals surface area (Å²) in [7, 11) is 0. The molecule has 1 aliphatic rings. The van der Waals surface area contributed by atoms with Crippen molar-refractivity contribution >= 4 is 21.6 Å². The third-order valence-electron chi connectivity index (χ3n) is 3.63. The summed E-state index contributed by atoms with van der Waals surface area (Å²) in [5.74, 6) is 1.35. The molecule has 0 aliphatic carbocycles. The van der Waals surface area contributed by atoms with E-state index < -0.39 is 0 Å². The number of nitro groups is 1. The molecule has 2 rings (SSSR count). The van der Waals surface area contributed by atoms with Crippen LogP contribution in [-0.4, -0.2) is 24.6 Å². The van der Waals surface area contributed by atoms with Gasteiger partial charge >= 0.3 is 0 Å². The van der Waals surface area contributed by atoms with Gasteiger partial charge in [-0.15, -0.1) is 0 Å². The topological polar surface area (TPSA) is 64.4 Å². The number of benzene rings is 1. The molecule has 0 spiro atoms. The summed E-state index contributed by atoms with van der Waals surface area (Å²) in [6.07, 6.45) is 3.48. The van der Waals surface area contributed by atoms with Crippen LogP contribution in [0.25, 0.3) is 0 Å². The lowest BCUT2D eigenvalue weighted by atomic mass is 9.97. The number of ether oxygens (including phenoxy) is 1. The van der Waals surface area contributed by atoms with Crippen LogP contribution in [0.4, 0.5) is 5.69 Å². The van der Waals surface area contributed by atoms with E-state index in [1.807, 2.05) is 0 Å². The van der Waals surface area contributed by atoms with Gasteiger partial charge in [-0.2, -0.15) is 0 Å². The van der Waals surface area contributed by atoms with E-state index >= 15 is 0 Å². The lowest BCUT2D eigenvalue weighted by molar-refractivity contribution is -0.385. The van der Waals surface area contributed by atoms with E-state index in [4.69, 9.17) is 4.74 Å². The fourth-order valence-electron chi connectivity index (χ4n) is 2.46. The molecule has 1 heterocycles. The molecule has 1 saturated heterocycles. The number of hydrogen-bond donors (Lipinski definition) is 1. The van der Waals surface area contributed by atoms with E-state index in [1.54, 1.807) is 13.0 Å². The summed E-state index contributed by atoms with van der Waals surface area (Å²) in [6.45, 7) is 4.54. The average Bonchev–Trinajstić information content (AvgIpc) is 2.43. The Morgan fingerprint density at radius 3 is 3.00 bits per heavy atom. The van der Waals surface area contributed by atoms with Crippen LogP contribution in [0, 0.1) is 23.0 Å². The highest BCUT2D eigenvalue weighted by atomic mass is 79.9. The molecule has 1 unspecified atom stereocenters. The summed E-state index contributed by atoms with van der Waals surface area (Å²) in [6, 6.07) is 3.23. The first-order chi connectivity index (χ1) is 9.58. The average molecular weight is 343 g/mol. The summed E-state index contributed by atoms with van der Waals surface area (Å²) in [5.41, 5.74) is 0.730. The maximum atomic E-state index is 10.8. The molecule has 1 aliphatic heterocycles. The molecular formula is C14H19BrN2O3. The van der Waals surface area contributed by atoms with Crippen molar-refractivity contribution in [3.05, 3.63) is 32.3 Å². The van der Waals surface area contributed by atoms with Gasteiger partial charge in [-0.25, -0.2) is 0 Å². The lowest BCUT2D eigenvalue weighted by Gasteiger charge is -2.22. The van der Waals surface area contributed by atoms with Crippen molar-refractivity contribution in [3.63, 3.8) is 0 Å². The second-order valence-electron chi connectivity index (χ2n) is 5.18. The van der Waals surface area contributed by atoms with Gasteiger partial charge in [0.05, 0.1) is 16.0 Å². The highest BCUT2D eigenvalue weighted by Crippen LogP contribution is 2.32. The van der Waals surface area contributed by atoms with Crippen LogP contribution in [0.1, 0.15) is 24.8 Å². The number of hydrogen-bond acceptors (Lipinski definition) is 4. The number of nitrogens with one attached hydrogen (secondary N) is 1. The summed E-state index contributed by atoms with van der Waals surface area (Å²) in [4.78, 5) is 10.5. The van der Waals surface area contributed by atoms with E-state index in [0.29, 0.717) is 28.3 Å². The molecule has 110 valence electrons. The molecule has 1 fully saturated rings. The third-order valence-corrected chi connectivity index (χ3v) is 4.25. The number of halogens is 1.